The minimum absolute atomic E-state index is 0.0411. The molecule has 0 atom stereocenters. The van der Waals surface area contributed by atoms with Crippen molar-refractivity contribution in [3.05, 3.63) is 53.3 Å². The van der Waals surface area contributed by atoms with E-state index in [1.807, 2.05) is 23.6 Å². The van der Waals surface area contributed by atoms with E-state index in [0.717, 1.165) is 21.2 Å². The van der Waals surface area contributed by atoms with Gasteiger partial charge in [0, 0.05) is 22.9 Å². The Labute approximate surface area is 128 Å². The van der Waals surface area contributed by atoms with Crippen molar-refractivity contribution in [1.82, 2.24) is 10.1 Å². The van der Waals surface area contributed by atoms with E-state index in [2.05, 4.69) is 10.1 Å². The second kappa shape index (κ2) is 6.11. The normalized spacial score (nSPS) is 10.7. The molecule has 21 heavy (non-hydrogen) atoms. The first-order chi connectivity index (χ1) is 10.2. The molecule has 0 amide bonds. The molecule has 0 bridgehead atoms. The summed E-state index contributed by atoms with van der Waals surface area (Å²) >= 11 is 3.09. The SMILES string of the molecule is O=C(O)c1cc(SCc2cc(-c3cccs3)on2)ccn1. The topological polar surface area (TPSA) is 76.2 Å². The summed E-state index contributed by atoms with van der Waals surface area (Å²) < 4.78 is 5.30. The molecule has 0 saturated heterocycles. The van der Waals surface area contributed by atoms with Crippen LogP contribution in [0.2, 0.25) is 0 Å². The van der Waals surface area contributed by atoms with E-state index in [0.29, 0.717) is 5.75 Å². The molecule has 0 aliphatic rings. The Morgan fingerprint density at radius 2 is 2.29 bits per heavy atom. The van der Waals surface area contributed by atoms with E-state index in [9.17, 15) is 4.79 Å². The van der Waals surface area contributed by atoms with E-state index in [1.54, 1.807) is 23.5 Å². The molecule has 7 heteroatoms. The van der Waals surface area contributed by atoms with E-state index in [4.69, 9.17) is 9.63 Å². The van der Waals surface area contributed by atoms with Gasteiger partial charge in [-0.05, 0) is 23.6 Å². The predicted molar refractivity (Wildman–Crippen MR) is 80.6 cm³/mol. The summed E-state index contributed by atoms with van der Waals surface area (Å²) in [6.07, 6.45) is 1.49. The van der Waals surface area contributed by atoms with Gasteiger partial charge in [-0.25, -0.2) is 9.78 Å². The highest BCUT2D eigenvalue weighted by atomic mass is 32.2. The van der Waals surface area contributed by atoms with Crippen molar-refractivity contribution in [2.75, 3.05) is 0 Å². The standard InChI is InChI=1S/C14H10N2O3S2/c17-14(18)11-7-10(3-4-15-11)21-8-9-6-12(19-16-9)13-2-1-5-20-13/h1-7H,8H2,(H,17,18). The van der Waals surface area contributed by atoms with Gasteiger partial charge in [0.25, 0.3) is 0 Å². The lowest BCUT2D eigenvalue weighted by Gasteiger charge is -1.99. The Morgan fingerprint density at radius 3 is 3.05 bits per heavy atom. The molecule has 0 aliphatic carbocycles. The van der Waals surface area contributed by atoms with Crippen molar-refractivity contribution in [1.29, 1.82) is 0 Å². The quantitative estimate of drug-likeness (QED) is 0.721. The molecule has 0 saturated carbocycles. The average molecular weight is 318 g/mol. The lowest BCUT2D eigenvalue weighted by atomic mass is 10.3. The molecule has 3 aromatic rings. The minimum Gasteiger partial charge on any atom is -0.477 e. The molecule has 106 valence electrons. The minimum atomic E-state index is -1.03. The van der Waals surface area contributed by atoms with Crippen molar-refractivity contribution in [3.8, 4) is 10.6 Å². The Balaban J connectivity index is 1.68. The lowest BCUT2D eigenvalue weighted by molar-refractivity contribution is 0.0690. The van der Waals surface area contributed by atoms with Gasteiger partial charge in [0.2, 0.25) is 0 Å². The summed E-state index contributed by atoms with van der Waals surface area (Å²) in [5.74, 6) is 0.332. The number of pyridine rings is 1. The summed E-state index contributed by atoms with van der Waals surface area (Å²) in [5.41, 5.74) is 0.858. The van der Waals surface area contributed by atoms with Crippen LogP contribution in [0.1, 0.15) is 16.2 Å². The molecular weight excluding hydrogens is 308 g/mol. The lowest BCUT2D eigenvalue weighted by Crippen LogP contribution is -1.99. The van der Waals surface area contributed by atoms with Crippen LogP contribution in [0.4, 0.5) is 0 Å². The zero-order valence-corrected chi connectivity index (χ0v) is 12.4. The first-order valence-corrected chi connectivity index (χ1v) is 7.90. The fourth-order valence-electron chi connectivity index (χ4n) is 1.69. The third-order valence-electron chi connectivity index (χ3n) is 2.66. The van der Waals surface area contributed by atoms with Gasteiger partial charge in [-0.15, -0.1) is 23.1 Å². The van der Waals surface area contributed by atoms with Crippen LogP contribution in [0.3, 0.4) is 0 Å². The fourth-order valence-corrected chi connectivity index (χ4v) is 3.17. The van der Waals surface area contributed by atoms with Crippen molar-refractivity contribution in [2.45, 2.75) is 10.6 Å². The van der Waals surface area contributed by atoms with Gasteiger partial charge in [0.05, 0.1) is 10.6 Å². The second-order valence-corrected chi connectivity index (χ2v) is 6.13. The van der Waals surface area contributed by atoms with Crippen LogP contribution in [0.25, 0.3) is 10.6 Å². The number of aromatic carboxylic acids is 1. The van der Waals surface area contributed by atoms with Gasteiger partial charge < -0.3 is 9.63 Å². The smallest absolute Gasteiger partial charge is 0.354 e. The number of rotatable bonds is 5. The molecule has 0 radical (unpaired) electrons. The number of carboxylic acid groups (broad SMARTS) is 1. The Kier molecular flexibility index (Phi) is 4.03. The van der Waals surface area contributed by atoms with Gasteiger partial charge in [-0.3, -0.25) is 0 Å². The first kappa shape index (κ1) is 13.8. The molecule has 0 fully saturated rings. The van der Waals surface area contributed by atoms with Gasteiger partial charge in [-0.2, -0.15) is 0 Å². The molecule has 0 spiro atoms. The maximum atomic E-state index is 10.9. The monoisotopic (exact) mass is 318 g/mol. The number of hydrogen-bond acceptors (Lipinski definition) is 6. The summed E-state index contributed by atoms with van der Waals surface area (Å²) in [5, 5.41) is 14.9. The van der Waals surface area contributed by atoms with Gasteiger partial charge in [-0.1, -0.05) is 11.2 Å². The molecular formula is C14H10N2O3S2. The van der Waals surface area contributed by atoms with Gasteiger partial charge in [0.15, 0.2) is 5.76 Å². The zero-order chi connectivity index (χ0) is 14.7. The van der Waals surface area contributed by atoms with Gasteiger partial charge >= 0.3 is 5.97 Å². The van der Waals surface area contributed by atoms with Crippen LogP contribution in [0.5, 0.6) is 0 Å². The molecule has 3 rings (SSSR count). The zero-order valence-electron chi connectivity index (χ0n) is 10.7. The van der Waals surface area contributed by atoms with Crippen LogP contribution in [-0.4, -0.2) is 21.2 Å². The summed E-state index contributed by atoms with van der Waals surface area (Å²) in [4.78, 5) is 16.5. The number of aromatic nitrogens is 2. The maximum absolute atomic E-state index is 10.9. The number of carbonyl (C=O) groups is 1. The second-order valence-electron chi connectivity index (χ2n) is 4.13. The molecule has 0 aliphatic heterocycles. The van der Waals surface area contributed by atoms with Crippen LogP contribution < -0.4 is 0 Å². The maximum Gasteiger partial charge on any atom is 0.354 e. The Morgan fingerprint density at radius 1 is 1.38 bits per heavy atom. The molecule has 1 N–H and O–H groups in total. The highest BCUT2D eigenvalue weighted by Crippen LogP contribution is 2.28. The third kappa shape index (κ3) is 3.32. The molecule has 0 aromatic carbocycles. The number of thiophene rings is 1. The van der Waals surface area contributed by atoms with Crippen molar-refractivity contribution >= 4 is 29.1 Å². The summed E-state index contributed by atoms with van der Waals surface area (Å²) in [7, 11) is 0. The molecule has 0 unspecified atom stereocenters. The van der Waals surface area contributed by atoms with Crippen molar-refractivity contribution < 1.29 is 14.4 Å². The molecule has 3 heterocycles. The van der Waals surface area contributed by atoms with E-state index < -0.39 is 5.97 Å². The number of nitrogens with zero attached hydrogens (tertiary/aromatic N) is 2. The average Bonchev–Trinajstić information content (AvgIpc) is 3.16. The van der Waals surface area contributed by atoms with E-state index in [-0.39, 0.29) is 5.69 Å². The molecule has 5 nitrogen and oxygen atoms in total. The largest absolute Gasteiger partial charge is 0.477 e. The van der Waals surface area contributed by atoms with Crippen LogP contribution >= 0.6 is 23.1 Å². The Bertz CT molecular complexity index is 753. The highest BCUT2D eigenvalue weighted by molar-refractivity contribution is 7.98. The molecule has 3 aromatic heterocycles. The third-order valence-corrected chi connectivity index (χ3v) is 4.57. The Hall–Kier alpha value is -2.12. The van der Waals surface area contributed by atoms with Crippen LogP contribution in [0.15, 0.2) is 51.3 Å². The summed E-state index contributed by atoms with van der Waals surface area (Å²) in [6, 6.07) is 9.16. The highest BCUT2D eigenvalue weighted by Gasteiger charge is 2.09. The fraction of sp³-hybridized carbons (Fsp3) is 0.0714. The summed E-state index contributed by atoms with van der Waals surface area (Å²) in [6.45, 7) is 0. The number of hydrogen-bond donors (Lipinski definition) is 1. The number of thioether (sulfide) groups is 1. The number of carboxylic acids is 1. The van der Waals surface area contributed by atoms with Gasteiger partial charge in [0.1, 0.15) is 5.69 Å². The first-order valence-electron chi connectivity index (χ1n) is 6.04. The van der Waals surface area contributed by atoms with Crippen LogP contribution in [0, 0.1) is 0 Å². The van der Waals surface area contributed by atoms with Crippen LogP contribution in [-0.2, 0) is 5.75 Å². The van der Waals surface area contributed by atoms with E-state index >= 15 is 0 Å². The van der Waals surface area contributed by atoms with Crippen molar-refractivity contribution in [3.63, 3.8) is 0 Å². The van der Waals surface area contributed by atoms with E-state index in [1.165, 1.54) is 18.0 Å². The van der Waals surface area contributed by atoms with Crippen molar-refractivity contribution in [2.24, 2.45) is 0 Å². The predicted octanol–water partition coefficient (Wildman–Crippen LogP) is 3.79.